The third-order valence-corrected chi connectivity index (χ3v) is 4.26. The Bertz CT molecular complexity index is 998. The number of amides is 2. The molecule has 1 aliphatic heterocycles. The van der Waals surface area contributed by atoms with E-state index in [0.29, 0.717) is 22.5 Å². The number of benzene rings is 2. The van der Waals surface area contributed by atoms with Crippen molar-refractivity contribution in [2.45, 2.75) is 12.3 Å². The molecule has 0 unspecified atom stereocenters. The lowest BCUT2D eigenvalue weighted by Crippen LogP contribution is -2.31. The summed E-state index contributed by atoms with van der Waals surface area (Å²) in [5, 5.41) is 6.37. The molecule has 0 bridgehead atoms. The van der Waals surface area contributed by atoms with Crippen LogP contribution in [-0.2, 0) is 9.59 Å². The fraction of sp³-hybridized carbons (Fsp3) is 0.105. The van der Waals surface area contributed by atoms with Gasteiger partial charge in [0, 0.05) is 23.7 Å². The number of fused-ring (bicyclic) bond motifs is 2. The number of aromatic nitrogens is 1. The molecule has 1 aromatic heterocycles. The van der Waals surface area contributed by atoms with Gasteiger partial charge in [-0.25, -0.2) is 4.39 Å². The van der Waals surface area contributed by atoms with Crippen molar-refractivity contribution >= 4 is 34.1 Å². The molecule has 25 heavy (non-hydrogen) atoms. The smallest absolute Gasteiger partial charge is 0.232 e. The molecule has 1 atom stereocenters. The number of hydrogen-bond acceptors (Lipinski definition) is 3. The van der Waals surface area contributed by atoms with Crippen molar-refractivity contribution < 1.29 is 14.0 Å². The van der Waals surface area contributed by atoms with Crippen LogP contribution >= 0.6 is 0 Å². The van der Waals surface area contributed by atoms with E-state index < -0.39 is 11.7 Å². The molecule has 0 radical (unpaired) electrons. The van der Waals surface area contributed by atoms with Gasteiger partial charge in [-0.05, 0) is 29.8 Å². The molecule has 0 saturated heterocycles. The first-order valence-corrected chi connectivity index (χ1v) is 7.86. The second-order valence-electron chi connectivity index (χ2n) is 5.91. The number of carbonyl (C=O) groups excluding carboxylic acids is 2. The van der Waals surface area contributed by atoms with Crippen LogP contribution < -0.4 is 10.6 Å². The number of halogens is 1. The molecule has 124 valence electrons. The molecule has 2 N–H and O–H groups in total. The summed E-state index contributed by atoms with van der Waals surface area (Å²) in [5.41, 5.74) is 2.20. The molecule has 2 amide bonds. The molecule has 0 fully saturated rings. The van der Waals surface area contributed by atoms with Crippen LogP contribution in [0.1, 0.15) is 17.9 Å². The van der Waals surface area contributed by atoms with Crippen molar-refractivity contribution in [2.24, 2.45) is 0 Å². The van der Waals surface area contributed by atoms with E-state index in [2.05, 4.69) is 15.6 Å². The van der Waals surface area contributed by atoms with Crippen molar-refractivity contribution in [3.8, 4) is 0 Å². The topological polar surface area (TPSA) is 71.1 Å². The lowest BCUT2D eigenvalue weighted by molar-refractivity contribution is -0.123. The van der Waals surface area contributed by atoms with E-state index in [1.165, 1.54) is 18.2 Å². The number of carbonyl (C=O) groups is 2. The molecule has 3 aromatic rings. The molecule has 6 heteroatoms. The highest BCUT2D eigenvalue weighted by molar-refractivity contribution is 6.07. The molecule has 1 aliphatic rings. The summed E-state index contributed by atoms with van der Waals surface area (Å²) in [6.45, 7) is 0. The van der Waals surface area contributed by atoms with Crippen molar-refractivity contribution in [1.29, 1.82) is 0 Å². The van der Waals surface area contributed by atoms with Gasteiger partial charge in [0.05, 0.1) is 17.1 Å². The third-order valence-electron chi connectivity index (χ3n) is 4.26. The SMILES string of the molecule is O=C1C[C@@H](C(=O)Nc2cccc3cccnc23)c2ccc(F)cc2N1. The first-order valence-electron chi connectivity index (χ1n) is 7.86. The van der Waals surface area contributed by atoms with E-state index in [1.807, 2.05) is 24.3 Å². The standard InChI is InChI=1S/C19H14FN3O2/c20-12-6-7-13-14(10-17(24)22-16(13)9-12)19(25)23-15-5-1-3-11-4-2-8-21-18(11)15/h1-9,14H,10H2,(H,22,24)(H,23,25)/t14-/m1/s1. The van der Waals surface area contributed by atoms with Gasteiger partial charge in [-0.2, -0.15) is 0 Å². The van der Waals surface area contributed by atoms with E-state index in [9.17, 15) is 14.0 Å². The Labute approximate surface area is 142 Å². The fourth-order valence-electron chi connectivity index (χ4n) is 3.10. The zero-order valence-corrected chi connectivity index (χ0v) is 13.1. The van der Waals surface area contributed by atoms with Gasteiger partial charge in [-0.3, -0.25) is 14.6 Å². The molecule has 0 saturated carbocycles. The van der Waals surface area contributed by atoms with Crippen LogP contribution in [0.5, 0.6) is 0 Å². The predicted octanol–water partition coefficient (Wildman–Crippen LogP) is 3.44. The quantitative estimate of drug-likeness (QED) is 0.754. The second-order valence-corrected chi connectivity index (χ2v) is 5.91. The molecule has 0 spiro atoms. The molecule has 2 heterocycles. The summed E-state index contributed by atoms with van der Waals surface area (Å²) in [6, 6.07) is 13.3. The van der Waals surface area contributed by atoms with Crippen molar-refractivity contribution in [2.75, 3.05) is 10.6 Å². The Balaban J connectivity index is 1.69. The van der Waals surface area contributed by atoms with Gasteiger partial charge in [-0.1, -0.05) is 24.3 Å². The molecule has 2 aromatic carbocycles. The Morgan fingerprint density at radius 1 is 1.20 bits per heavy atom. The van der Waals surface area contributed by atoms with Gasteiger partial charge in [-0.15, -0.1) is 0 Å². The highest BCUT2D eigenvalue weighted by atomic mass is 19.1. The van der Waals surface area contributed by atoms with Crippen LogP contribution in [0.15, 0.2) is 54.7 Å². The van der Waals surface area contributed by atoms with Crippen molar-refractivity contribution in [3.63, 3.8) is 0 Å². The molecule has 5 nitrogen and oxygen atoms in total. The molecule has 4 rings (SSSR count). The monoisotopic (exact) mass is 335 g/mol. The van der Waals surface area contributed by atoms with Crippen LogP contribution in [0.3, 0.4) is 0 Å². The summed E-state index contributed by atoms with van der Waals surface area (Å²) in [5.74, 6) is -1.77. The highest BCUT2D eigenvalue weighted by Crippen LogP contribution is 2.34. The van der Waals surface area contributed by atoms with Crippen LogP contribution in [0.2, 0.25) is 0 Å². The van der Waals surface area contributed by atoms with Gasteiger partial charge in [0.15, 0.2) is 0 Å². The van der Waals surface area contributed by atoms with E-state index in [4.69, 9.17) is 0 Å². The summed E-state index contributed by atoms with van der Waals surface area (Å²) in [6.07, 6.45) is 1.67. The van der Waals surface area contributed by atoms with Gasteiger partial charge in [0.1, 0.15) is 5.82 Å². The zero-order valence-electron chi connectivity index (χ0n) is 13.1. The summed E-state index contributed by atoms with van der Waals surface area (Å²) < 4.78 is 13.4. The lowest BCUT2D eigenvalue weighted by atomic mass is 9.89. The minimum absolute atomic E-state index is 0.0165. The summed E-state index contributed by atoms with van der Waals surface area (Å²) in [7, 11) is 0. The van der Waals surface area contributed by atoms with Crippen molar-refractivity contribution in [3.05, 3.63) is 66.1 Å². The first-order chi connectivity index (χ1) is 12.1. The Kier molecular flexibility index (Phi) is 3.65. The van der Waals surface area contributed by atoms with Gasteiger partial charge in [0.25, 0.3) is 0 Å². The van der Waals surface area contributed by atoms with Crippen LogP contribution in [0.25, 0.3) is 10.9 Å². The largest absolute Gasteiger partial charge is 0.326 e. The minimum Gasteiger partial charge on any atom is -0.326 e. The van der Waals surface area contributed by atoms with Crippen molar-refractivity contribution in [1.82, 2.24) is 4.98 Å². The van der Waals surface area contributed by atoms with Gasteiger partial charge < -0.3 is 10.6 Å². The minimum atomic E-state index is -0.677. The Morgan fingerprint density at radius 2 is 2.04 bits per heavy atom. The maximum atomic E-state index is 13.4. The maximum Gasteiger partial charge on any atom is 0.232 e. The van der Waals surface area contributed by atoms with E-state index >= 15 is 0 Å². The molecular weight excluding hydrogens is 321 g/mol. The van der Waals surface area contributed by atoms with E-state index in [-0.39, 0.29) is 18.2 Å². The number of nitrogens with one attached hydrogen (secondary N) is 2. The number of nitrogens with zero attached hydrogens (tertiary/aromatic N) is 1. The van der Waals surface area contributed by atoms with E-state index in [0.717, 1.165) is 5.39 Å². The normalized spacial score (nSPS) is 16.2. The lowest BCUT2D eigenvalue weighted by Gasteiger charge is -2.25. The molecular formula is C19H14FN3O2. The fourth-order valence-corrected chi connectivity index (χ4v) is 3.10. The number of rotatable bonds is 2. The maximum absolute atomic E-state index is 13.4. The number of anilines is 2. The summed E-state index contributed by atoms with van der Waals surface area (Å²) >= 11 is 0. The molecule has 0 aliphatic carbocycles. The predicted molar refractivity (Wildman–Crippen MR) is 92.8 cm³/mol. The first kappa shape index (κ1) is 15.3. The Hall–Kier alpha value is -3.28. The second kappa shape index (κ2) is 5.98. The summed E-state index contributed by atoms with van der Waals surface area (Å²) in [4.78, 5) is 29.0. The Morgan fingerprint density at radius 3 is 2.92 bits per heavy atom. The van der Waals surface area contributed by atoms with Gasteiger partial charge in [0.2, 0.25) is 11.8 Å². The van der Waals surface area contributed by atoms with Crippen LogP contribution in [0.4, 0.5) is 15.8 Å². The van der Waals surface area contributed by atoms with Crippen LogP contribution in [0, 0.1) is 5.82 Å². The third kappa shape index (κ3) is 2.82. The number of para-hydroxylation sites is 1. The zero-order chi connectivity index (χ0) is 17.4. The van der Waals surface area contributed by atoms with Gasteiger partial charge >= 0.3 is 0 Å². The number of hydrogen-bond donors (Lipinski definition) is 2. The average Bonchev–Trinajstić information content (AvgIpc) is 2.61. The number of pyridine rings is 1. The van der Waals surface area contributed by atoms with E-state index in [1.54, 1.807) is 12.3 Å². The highest BCUT2D eigenvalue weighted by Gasteiger charge is 2.31. The van der Waals surface area contributed by atoms with Crippen LogP contribution in [-0.4, -0.2) is 16.8 Å². The average molecular weight is 335 g/mol.